The number of nitrogens with two attached hydrogens (primary N) is 1. The first-order valence-corrected chi connectivity index (χ1v) is 5.80. The second kappa shape index (κ2) is 5.43. The number of nitrogens with zero attached hydrogens (tertiary/aromatic N) is 2. The molecule has 0 radical (unpaired) electrons. The summed E-state index contributed by atoms with van der Waals surface area (Å²) in [6, 6.07) is 7.30. The fourth-order valence-electron chi connectivity index (χ4n) is 1.76. The molecule has 2 aromatic rings. The number of carboxylic acids is 1. The van der Waals surface area contributed by atoms with Gasteiger partial charge in [-0.2, -0.15) is 5.10 Å². The van der Waals surface area contributed by atoms with Crippen molar-refractivity contribution in [1.29, 1.82) is 0 Å². The lowest BCUT2D eigenvalue weighted by Crippen LogP contribution is -2.04. The summed E-state index contributed by atoms with van der Waals surface area (Å²) < 4.78 is 6.66. The zero-order valence-corrected chi connectivity index (χ0v) is 10.5. The molecular weight excluding hydrogens is 246 g/mol. The number of rotatable bonds is 5. The molecule has 0 bridgehead atoms. The third-order valence-electron chi connectivity index (χ3n) is 2.81. The highest BCUT2D eigenvalue weighted by molar-refractivity contribution is 5.67. The molecule has 0 atom stereocenters. The highest BCUT2D eigenvalue weighted by Gasteiger charge is 2.10. The smallest absolute Gasteiger partial charge is 0.303 e. The second-order valence-electron chi connectivity index (χ2n) is 4.06. The number of hydrogen-bond donors (Lipinski definition) is 2. The van der Waals surface area contributed by atoms with E-state index in [1.807, 2.05) is 24.3 Å². The van der Waals surface area contributed by atoms with Crippen molar-refractivity contribution >= 4 is 11.8 Å². The molecular formula is C13H15N3O3. The van der Waals surface area contributed by atoms with E-state index in [1.165, 1.54) is 0 Å². The van der Waals surface area contributed by atoms with Crippen LogP contribution in [0.4, 0.5) is 5.82 Å². The first-order valence-electron chi connectivity index (χ1n) is 5.80. The van der Waals surface area contributed by atoms with Gasteiger partial charge < -0.3 is 15.6 Å². The van der Waals surface area contributed by atoms with Crippen LogP contribution in [0.15, 0.2) is 30.5 Å². The van der Waals surface area contributed by atoms with E-state index in [1.54, 1.807) is 18.0 Å². The zero-order chi connectivity index (χ0) is 13.8. The number of hydrogen-bond acceptors (Lipinski definition) is 4. The van der Waals surface area contributed by atoms with Gasteiger partial charge in [-0.15, -0.1) is 0 Å². The first kappa shape index (κ1) is 12.9. The lowest BCUT2D eigenvalue weighted by Gasteiger charge is -2.06. The molecule has 0 saturated heterocycles. The molecule has 3 N–H and O–H groups in total. The van der Waals surface area contributed by atoms with Gasteiger partial charge in [0.25, 0.3) is 0 Å². The van der Waals surface area contributed by atoms with Crippen molar-refractivity contribution in [2.45, 2.75) is 12.8 Å². The van der Waals surface area contributed by atoms with Crippen LogP contribution in [0, 0.1) is 0 Å². The molecule has 100 valence electrons. The maximum Gasteiger partial charge on any atom is 0.303 e. The second-order valence-corrected chi connectivity index (χ2v) is 4.06. The van der Waals surface area contributed by atoms with E-state index in [2.05, 4.69) is 5.10 Å². The Balaban J connectivity index is 2.22. The zero-order valence-electron chi connectivity index (χ0n) is 10.5. The van der Waals surface area contributed by atoms with E-state index in [0.717, 1.165) is 17.0 Å². The predicted octanol–water partition coefficient (Wildman–Crippen LogP) is 1.48. The van der Waals surface area contributed by atoms with Crippen molar-refractivity contribution in [1.82, 2.24) is 9.78 Å². The van der Waals surface area contributed by atoms with Gasteiger partial charge in [-0.05, 0) is 30.7 Å². The first-order chi connectivity index (χ1) is 9.11. The van der Waals surface area contributed by atoms with Crippen molar-refractivity contribution in [2.75, 3.05) is 12.8 Å². The highest BCUT2D eigenvalue weighted by atomic mass is 16.5. The van der Waals surface area contributed by atoms with Crippen molar-refractivity contribution in [3.63, 3.8) is 0 Å². The summed E-state index contributed by atoms with van der Waals surface area (Å²) in [5, 5.41) is 12.8. The summed E-state index contributed by atoms with van der Waals surface area (Å²) >= 11 is 0. The number of ether oxygens (including phenoxy) is 1. The molecule has 0 saturated carbocycles. The van der Waals surface area contributed by atoms with Crippen LogP contribution in [0.3, 0.4) is 0 Å². The van der Waals surface area contributed by atoms with Crippen LogP contribution >= 0.6 is 0 Å². The molecule has 2 rings (SSSR count). The number of anilines is 1. The van der Waals surface area contributed by atoms with E-state index in [9.17, 15) is 4.79 Å². The number of carboxylic acid groups (broad SMARTS) is 1. The van der Waals surface area contributed by atoms with Crippen molar-refractivity contribution in [3.8, 4) is 11.4 Å². The molecule has 0 aliphatic carbocycles. The van der Waals surface area contributed by atoms with Crippen LogP contribution in [0.25, 0.3) is 5.69 Å². The van der Waals surface area contributed by atoms with Gasteiger partial charge in [0.05, 0.1) is 19.0 Å². The molecule has 0 amide bonds. The molecule has 0 spiro atoms. The van der Waals surface area contributed by atoms with E-state index in [-0.39, 0.29) is 6.42 Å². The quantitative estimate of drug-likeness (QED) is 0.850. The van der Waals surface area contributed by atoms with Gasteiger partial charge in [0.15, 0.2) is 0 Å². The topological polar surface area (TPSA) is 90.4 Å². The van der Waals surface area contributed by atoms with Gasteiger partial charge in [-0.1, -0.05) is 0 Å². The van der Waals surface area contributed by atoms with E-state index in [0.29, 0.717) is 12.2 Å². The maximum absolute atomic E-state index is 10.5. The van der Waals surface area contributed by atoms with Gasteiger partial charge in [-0.3, -0.25) is 4.79 Å². The normalized spacial score (nSPS) is 10.4. The standard InChI is InChI=1S/C13H15N3O3/c1-19-11-5-3-10(4-6-11)16-13(14)9(8-15-16)2-7-12(17)18/h3-6,8H,2,7,14H2,1H3,(H,17,18). The molecule has 1 aromatic heterocycles. The van der Waals surface area contributed by atoms with Gasteiger partial charge >= 0.3 is 5.97 Å². The average molecular weight is 261 g/mol. The monoisotopic (exact) mass is 261 g/mol. The van der Waals surface area contributed by atoms with Crippen LogP contribution in [0.1, 0.15) is 12.0 Å². The van der Waals surface area contributed by atoms with E-state index < -0.39 is 5.97 Å². The number of nitrogen functional groups attached to an aromatic ring is 1. The van der Waals surface area contributed by atoms with E-state index >= 15 is 0 Å². The fraction of sp³-hybridized carbons (Fsp3) is 0.231. The van der Waals surface area contributed by atoms with Crippen LogP contribution in [-0.4, -0.2) is 28.0 Å². The lowest BCUT2D eigenvalue weighted by molar-refractivity contribution is -0.136. The minimum atomic E-state index is -0.850. The van der Waals surface area contributed by atoms with E-state index in [4.69, 9.17) is 15.6 Å². The van der Waals surface area contributed by atoms with Crippen LogP contribution in [-0.2, 0) is 11.2 Å². The Morgan fingerprint density at radius 1 is 1.42 bits per heavy atom. The average Bonchev–Trinajstić information content (AvgIpc) is 2.78. The summed E-state index contributed by atoms with van der Waals surface area (Å²) in [5.41, 5.74) is 7.51. The number of aromatic nitrogens is 2. The van der Waals surface area contributed by atoms with Crippen LogP contribution in [0.5, 0.6) is 5.75 Å². The molecule has 0 aliphatic rings. The van der Waals surface area contributed by atoms with Crippen molar-refractivity contribution in [2.24, 2.45) is 0 Å². The number of aliphatic carboxylic acids is 1. The summed E-state index contributed by atoms with van der Waals surface area (Å²) in [5.74, 6) is 0.364. The lowest BCUT2D eigenvalue weighted by atomic mass is 10.2. The Morgan fingerprint density at radius 3 is 2.68 bits per heavy atom. The Bertz CT molecular complexity index is 575. The molecule has 0 aliphatic heterocycles. The SMILES string of the molecule is COc1ccc(-n2ncc(CCC(=O)O)c2N)cc1. The number of benzene rings is 1. The Kier molecular flexibility index (Phi) is 3.70. The Morgan fingerprint density at radius 2 is 2.11 bits per heavy atom. The summed E-state index contributed by atoms with van der Waals surface area (Å²) in [4.78, 5) is 10.5. The van der Waals surface area contributed by atoms with Gasteiger partial charge in [0.1, 0.15) is 11.6 Å². The molecule has 0 unspecified atom stereocenters. The summed E-state index contributed by atoms with van der Waals surface area (Å²) in [7, 11) is 1.60. The minimum Gasteiger partial charge on any atom is -0.497 e. The molecule has 1 heterocycles. The molecule has 0 fully saturated rings. The predicted molar refractivity (Wildman–Crippen MR) is 70.5 cm³/mol. The molecule has 1 aromatic carbocycles. The highest BCUT2D eigenvalue weighted by Crippen LogP contribution is 2.20. The third-order valence-corrected chi connectivity index (χ3v) is 2.81. The number of methoxy groups -OCH3 is 1. The van der Waals surface area contributed by atoms with Crippen LogP contribution in [0.2, 0.25) is 0 Å². The maximum atomic E-state index is 10.5. The van der Waals surface area contributed by atoms with Gasteiger partial charge in [0, 0.05) is 12.0 Å². The summed E-state index contributed by atoms with van der Waals surface area (Å²) in [6.45, 7) is 0. The fourth-order valence-corrected chi connectivity index (χ4v) is 1.76. The summed E-state index contributed by atoms with van der Waals surface area (Å²) in [6.07, 6.45) is 2.01. The molecule has 6 nitrogen and oxygen atoms in total. The van der Waals surface area contributed by atoms with Gasteiger partial charge in [0.2, 0.25) is 0 Å². The molecule has 19 heavy (non-hydrogen) atoms. The van der Waals surface area contributed by atoms with Crippen molar-refractivity contribution in [3.05, 3.63) is 36.0 Å². The van der Waals surface area contributed by atoms with Crippen molar-refractivity contribution < 1.29 is 14.6 Å². The Hall–Kier alpha value is -2.50. The van der Waals surface area contributed by atoms with Crippen LogP contribution < -0.4 is 10.5 Å². The Labute approximate surface area is 110 Å². The third kappa shape index (κ3) is 2.85. The molecule has 6 heteroatoms. The number of carbonyl (C=O) groups is 1. The minimum absolute atomic E-state index is 0.0402. The number of aryl methyl sites for hydroxylation is 1. The van der Waals surface area contributed by atoms with Gasteiger partial charge in [-0.25, -0.2) is 4.68 Å². The largest absolute Gasteiger partial charge is 0.497 e.